The summed E-state index contributed by atoms with van der Waals surface area (Å²) in [5.74, 6) is 1.77. The highest BCUT2D eigenvalue weighted by molar-refractivity contribution is 14.0. The van der Waals surface area contributed by atoms with Gasteiger partial charge in [-0.3, -0.25) is 4.99 Å². The Morgan fingerprint density at radius 1 is 1.30 bits per heavy atom. The van der Waals surface area contributed by atoms with Crippen LogP contribution in [0.2, 0.25) is 0 Å². The van der Waals surface area contributed by atoms with E-state index in [0.717, 1.165) is 38.1 Å². The van der Waals surface area contributed by atoms with Crippen LogP contribution >= 0.6 is 24.0 Å². The third kappa shape index (κ3) is 6.67. The molecule has 1 atom stereocenters. The number of ether oxygens (including phenoxy) is 1. The second-order valence-electron chi connectivity index (χ2n) is 6.05. The van der Waals surface area contributed by atoms with Gasteiger partial charge in [0.25, 0.3) is 0 Å². The van der Waals surface area contributed by atoms with Gasteiger partial charge in [-0.05, 0) is 36.8 Å². The molecule has 1 fully saturated rings. The third-order valence-corrected chi connectivity index (χ3v) is 4.11. The van der Waals surface area contributed by atoms with E-state index in [1.165, 1.54) is 24.0 Å². The SMILES string of the molecule is CCOCc1ccc(CNC(=NC)N2CCCC(C)C2)cc1.I. The van der Waals surface area contributed by atoms with Crippen LogP contribution in [-0.4, -0.2) is 37.6 Å². The van der Waals surface area contributed by atoms with Gasteiger partial charge in [0.15, 0.2) is 5.96 Å². The molecular weight excluding hydrogens is 401 g/mol. The van der Waals surface area contributed by atoms with E-state index in [0.29, 0.717) is 6.61 Å². The summed E-state index contributed by atoms with van der Waals surface area (Å²) in [7, 11) is 1.87. The molecule has 0 amide bonds. The molecule has 0 radical (unpaired) electrons. The molecule has 5 heteroatoms. The number of nitrogens with one attached hydrogen (secondary N) is 1. The summed E-state index contributed by atoms with van der Waals surface area (Å²) in [4.78, 5) is 6.80. The van der Waals surface area contributed by atoms with Crippen molar-refractivity contribution in [3.05, 3.63) is 35.4 Å². The van der Waals surface area contributed by atoms with Crippen molar-refractivity contribution >= 4 is 29.9 Å². The van der Waals surface area contributed by atoms with Gasteiger partial charge >= 0.3 is 0 Å². The number of benzene rings is 1. The summed E-state index contributed by atoms with van der Waals surface area (Å²) in [6.45, 7) is 8.81. The second-order valence-corrected chi connectivity index (χ2v) is 6.05. The molecule has 1 unspecified atom stereocenters. The monoisotopic (exact) mass is 431 g/mol. The van der Waals surface area contributed by atoms with Crippen molar-refractivity contribution in [2.24, 2.45) is 10.9 Å². The first-order valence-corrected chi connectivity index (χ1v) is 8.34. The van der Waals surface area contributed by atoms with Crippen molar-refractivity contribution < 1.29 is 4.74 Å². The van der Waals surface area contributed by atoms with Crippen molar-refractivity contribution in [3.8, 4) is 0 Å². The molecule has 1 saturated heterocycles. The van der Waals surface area contributed by atoms with Gasteiger partial charge in [-0.15, -0.1) is 24.0 Å². The zero-order valence-corrected chi connectivity index (χ0v) is 16.9. The quantitative estimate of drug-likeness (QED) is 0.440. The van der Waals surface area contributed by atoms with Crippen LogP contribution in [0.25, 0.3) is 0 Å². The normalized spacial score (nSPS) is 18.5. The molecule has 0 spiro atoms. The zero-order chi connectivity index (χ0) is 15.8. The van der Waals surface area contributed by atoms with E-state index >= 15 is 0 Å². The summed E-state index contributed by atoms with van der Waals surface area (Å²) in [5.41, 5.74) is 2.49. The lowest BCUT2D eigenvalue weighted by atomic mass is 10.0. The Labute approximate surface area is 157 Å². The molecule has 130 valence electrons. The Hall–Kier alpha value is -0.820. The lowest BCUT2D eigenvalue weighted by Gasteiger charge is -2.33. The molecule has 1 aromatic carbocycles. The molecular formula is C18H30IN3O. The molecule has 4 nitrogen and oxygen atoms in total. The predicted molar refractivity (Wildman–Crippen MR) is 107 cm³/mol. The maximum atomic E-state index is 5.42. The van der Waals surface area contributed by atoms with E-state index in [2.05, 4.69) is 46.4 Å². The van der Waals surface area contributed by atoms with Crippen molar-refractivity contribution in [2.75, 3.05) is 26.7 Å². The minimum absolute atomic E-state index is 0. The molecule has 0 saturated carbocycles. The summed E-state index contributed by atoms with van der Waals surface area (Å²) in [6, 6.07) is 8.59. The minimum Gasteiger partial charge on any atom is -0.377 e. The second kappa shape index (κ2) is 10.9. The maximum Gasteiger partial charge on any atom is 0.193 e. The van der Waals surface area contributed by atoms with Gasteiger partial charge in [0.05, 0.1) is 6.61 Å². The smallest absolute Gasteiger partial charge is 0.193 e. The molecule has 1 N–H and O–H groups in total. The number of piperidine rings is 1. The highest BCUT2D eigenvalue weighted by atomic mass is 127. The molecule has 1 aliphatic heterocycles. The van der Waals surface area contributed by atoms with Gasteiger partial charge in [-0.2, -0.15) is 0 Å². The molecule has 0 aliphatic carbocycles. The number of guanidine groups is 1. The molecule has 1 aliphatic rings. The van der Waals surface area contributed by atoms with Gasteiger partial charge in [-0.25, -0.2) is 0 Å². The molecule has 1 aromatic rings. The van der Waals surface area contributed by atoms with E-state index in [-0.39, 0.29) is 24.0 Å². The Balaban J connectivity index is 0.00000264. The first-order valence-electron chi connectivity index (χ1n) is 8.34. The number of likely N-dealkylation sites (tertiary alicyclic amines) is 1. The van der Waals surface area contributed by atoms with Gasteiger partial charge in [0.2, 0.25) is 0 Å². The number of halogens is 1. The molecule has 23 heavy (non-hydrogen) atoms. The summed E-state index contributed by atoms with van der Waals surface area (Å²) < 4.78 is 5.42. The van der Waals surface area contributed by atoms with Crippen LogP contribution in [0.4, 0.5) is 0 Å². The fourth-order valence-electron chi connectivity index (χ4n) is 2.87. The standard InChI is InChI=1S/C18H29N3O.HI/c1-4-22-14-17-9-7-16(8-10-17)12-20-18(19-3)21-11-5-6-15(2)13-21;/h7-10,15H,4-6,11-14H2,1-3H3,(H,19,20);1H. The van der Waals surface area contributed by atoms with Crippen molar-refractivity contribution in [2.45, 2.75) is 39.8 Å². The van der Waals surface area contributed by atoms with Crippen LogP contribution in [-0.2, 0) is 17.9 Å². The van der Waals surface area contributed by atoms with E-state index in [1.54, 1.807) is 0 Å². The van der Waals surface area contributed by atoms with Crippen LogP contribution < -0.4 is 5.32 Å². The van der Waals surface area contributed by atoms with Gasteiger partial charge in [-0.1, -0.05) is 31.2 Å². The Morgan fingerprint density at radius 3 is 2.61 bits per heavy atom. The highest BCUT2D eigenvalue weighted by Gasteiger charge is 2.18. The van der Waals surface area contributed by atoms with Crippen LogP contribution in [0.15, 0.2) is 29.3 Å². The number of rotatable bonds is 5. The number of hydrogen-bond donors (Lipinski definition) is 1. The van der Waals surface area contributed by atoms with Crippen LogP contribution in [0.1, 0.15) is 37.8 Å². The summed E-state index contributed by atoms with van der Waals surface area (Å²) in [6.07, 6.45) is 2.59. The van der Waals surface area contributed by atoms with E-state index in [1.807, 2.05) is 14.0 Å². The van der Waals surface area contributed by atoms with Gasteiger partial charge in [0.1, 0.15) is 0 Å². The number of nitrogens with zero attached hydrogens (tertiary/aromatic N) is 2. The third-order valence-electron chi connectivity index (χ3n) is 4.11. The van der Waals surface area contributed by atoms with E-state index in [4.69, 9.17) is 4.74 Å². The number of aliphatic imine (C=N–C) groups is 1. The highest BCUT2D eigenvalue weighted by Crippen LogP contribution is 2.15. The van der Waals surface area contributed by atoms with Crippen molar-refractivity contribution in [1.82, 2.24) is 10.2 Å². The Bertz CT molecular complexity index is 476. The van der Waals surface area contributed by atoms with E-state index in [9.17, 15) is 0 Å². The average molecular weight is 431 g/mol. The van der Waals surface area contributed by atoms with Gasteiger partial charge < -0.3 is 15.0 Å². The van der Waals surface area contributed by atoms with Crippen molar-refractivity contribution in [3.63, 3.8) is 0 Å². The van der Waals surface area contributed by atoms with Gasteiger partial charge in [0, 0.05) is 33.3 Å². The minimum atomic E-state index is 0. The van der Waals surface area contributed by atoms with Crippen LogP contribution in [0.3, 0.4) is 0 Å². The first-order chi connectivity index (χ1) is 10.7. The summed E-state index contributed by atoms with van der Waals surface area (Å²) >= 11 is 0. The summed E-state index contributed by atoms with van der Waals surface area (Å²) in [5, 5.41) is 3.48. The Morgan fingerprint density at radius 2 is 2.00 bits per heavy atom. The fourth-order valence-corrected chi connectivity index (χ4v) is 2.87. The molecule has 0 aromatic heterocycles. The average Bonchev–Trinajstić information content (AvgIpc) is 2.55. The van der Waals surface area contributed by atoms with Crippen molar-refractivity contribution in [1.29, 1.82) is 0 Å². The lowest BCUT2D eigenvalue weighted by molar-refractivity contribution is 0.134. The van der Waals surface area contributed by atoms with E-state index < -0.39 is 0 Å². The fraction of sp³-hybridized carbons (Fsp3) is 0.611. The molecule has 0 bridgehead atoms. The first kappa shape index (κ1) is 20.2. The largest absolute Gasteiger partial charge is 0.377 e. The Kier molecular flexibility index (Phi) is 9.55. The maximum absolute atomic E-state index is 5.42. The predicted octanol–water partition coefficient (Wildman–Crippen LogP) is 3.65. The molecule has 2 rings (SSSR count). The van der Waals surface area contributed by atoms with Crippen LogP contribution in [0, 0.1) is 5.92 Å². The molecule has 1 heterocycles. The van der Waals surface area contributed by atoms with Crippen LogP contribution in [0.5, 0.6) is 0 Å². The lowest BCUT2D eigenvalue weighted by Crippen LogP contribution is -2.45. The topological polar surface area (TPSA) is 36.9 Å². The number of hydrogen-bond acceptors (Lipinski definition) is 2. The zero-order valence-electron chi connectivity index (χ0n) is 14.5.